The number of imidazole rings is 2. The maximum Gasteiger partial charge on any atom is 0.276 e. The van der Waals surface area contributed by atoms with Gasteiger partial charge in [-0.05, 0) is 44.2 Å². The van der Waals surface area contributed by atoms with Crippen LogP contribution in [0.2, 0.25) is 0 Å². The number of nitrogens with zero attached hydrogens (tertiary/aromatic N) is 6. The maximum atomic E-state index is 13.1. The molecule has 3 amide bonds. The van der Waals surface area contributed by atoms with Gasteiger partial charge in [0, 0.05) is 25.2 Å². The summed E-state index contributed by atoms with van der Waals surface area (Å²) >= 11 is 1.20. The number of nitrogens with one attached hydrogen (secondary N) is 1. The van der Waals surface area contributed by atoms with Crippen LogP contribution in [0.15, 0.2) is 42.5 Å². The molecule has 0 saturated carbocycles. The number of hydrogen-bond acceptors (Lipinski definition) is 8. The normalized spacial score (nSPS) is 11.6. The molecule has 0 aliphatic carbocycles. The molecule has 0 unspecified atom stereocenters. The molecule has 0 spiro atoms. The van der Waals surface area contributed by atoms with Gasteiger partial charge < -0.3 is 21.8 Å². The zero-order valence-electron chi connectivity index (χ0n) is 21.2. The number of amides is 3. The van der Waals surface area contributed by atoms with Gasteiger partial charge in [-0.25, -0.2) is 9.97 Å². The van der Waals surface area contributed by atoms with E-state index in [4.69, 9.17) is 17.2 Å². The lowest BCUT2D eigenvalue weighted by atomic mass is 10.2. The molecule has 4 aromatic heterocycles. The molecule has 4 heterocycles. The number of anilines is 2. The lowest BCUT2D eigenvalue weighted by Crippen LogP contribution is -2.19. The minimum Gasteiger partial charge on any atom is -0.369 e. The van der Waals surface area contributed by atoms with E-state index in [-0.39, 0.29) is 5.91 Å². The van der Waals surface area contributed by atoms with E-state index in [1.807, 2.05) is 26.0 Å². The third-order valence-corrected chi connectivity index (χ3v) is 7.29. The van der Waals surface area contributed by atoms with Gasteiger partial charge in [-0.1, -0.05) is 12.2 Å². The number of carbonyl (C=O) groups is 3. The van der Waals surface area contributed by atoms with Gasteiger partial charge in [0.2, 0.25) is 17.8 Å². The number of nitrogens with two attached hydrogens (primary N) is 3. The first-order valence-corrected chi connectivity index (χ1v) is 12.8. The smallest absolute Gasteiger partial charge is 0.276 e. The van der Waals surface area contributed by atoms with E-state index < -0.39 is 11.8 Å². The van der Waals surface area contributed by atoms with Crippen molar-refractivity contribution in [3.05, 3.63) is 64.3 Å². The Balaban J connectivity index is 1.41. The highest BCUT2D eigenvalue weighted by Gasteiger charge is 2.20. The molecule has 13 nitrogen and oxygen atoms in total. The summed E-state index contributed by atoms with van der Waals surface area (Å²) in [5, 5.41) is 7.21. The summed E-state index contributed by atoms with van der Waals surface area (Å²) < 4.78 is 5.22. The molecule has 0 saturated heterocycles. The van der Waals surface area contributed by atoms with E-state index in [9.17, 15) is 14.4 Å². The lowest BCUT2D eigenvalue weighted by Gasteiger charge is -2.09. The molecule has 39 heavy (non-hydrogen) atoms. The summed E-state index contributed by atoms with van der Waals surface area (Å²) in [5.41, 5.74) is 20.3. The SMILES string of the molecule is CCn1nc(C)cc1C(=O)Nc1nc2cc(C(N)=O)sc2n1C/C=C/Cn1c(N)nc2cc(C(N)=O)ccc21. The minimum atomic E-state index is -0.546. The second-order valence-electron chi connectivity index (χ2n) is 8.77. The first kappa shape index (κ1) is 25.7. The number of carbonyl (C=O) groups excluding carboxylic acids is 3. The molecule has 14 heteroatoms. The molecule has 0 atom stereocenters. The van der Waals surface area contributed by atoms with E-state index in [0.29, 0.717) is 63.5 Å². The number of aromatic nitrogens is 6. The molecule has 0 fully saturated rings. The molecule has 200 valence electrons. The van der Waals surface area contributed by atoms with Crippen molar-refractivity contribution in [1.29, 1.82) is 0 Å². The van der Waals surface area contributed by atoms with Gasteiger partial charge in [-0.2, -0.15) is 5.10 Å². The first-order valence-electron chi connectivity index (χ1n) is 12.0. The maximum absolute atomic E-state index is 13.1. The Morgan fingerprint density at radius 3 is 2.44 bits per heavy atom. The molecular formula is C25H26N10O3S. The average molecular weight is 547 g/mol. The van der Waals surface area contributed by atoms with E-state index in [1.165, 1.54) is 11.3 Å². The number of aryl methyl sites for hydroxylation is 2. The largest absolute Gasteiger partial charge is 0.369 e. The summed E-state index contributed by atoms with van der Waals surface area (Å²) in [6.45, 7) is 5.02. The standard InChI is InChI=1S/C25H26N10O3S/c1-3-35-18(10-13(2)32-35)22(38)31-25-30-16-12-19(21(27)37)39-23(16)34(25)9-5-4-8-33-17-7-6-14(20(26)36)11-15(17)29-24(33)28/h4-7,10-12H,3,8-9H2,1-2H3,(H2,26,36)(H2,27,37)(H2,28,29)(H,30,31,38)/b5-4+. The second kappa shape index (κ2) is 10.1. The quantitative estimate of drug-likeness (QED) is 0.203. The number of thiophene rings is 1. The van der Waals surface area contributed by atoms with Crippen LogP contribution in [0.3, 0.4) is 0 Å². The van der Waals surface area contributed by atoms with Crippen molar-refractivity contribution in [2.24, 2.45) is 11.5 Å². The molecular weight excluding hydrogens is 520 g/mol. The van der Waals surface area contributed by atoms with Crippen LogP contribution in [0.4, 0.5) is 11.9 Å². The van der Waals surface area contributed by atoms with E-state index in [2.05, 4.69) is 20.4 Å². The third-order valence-electron chi connectivity index (χ3n) is 6.13. The summed E-state index contributed by atoms with van der Waals surface area (Å²) in [7, 11) is 0. The number of nitrogen functional groups attached to an aromatic ring is 1. The highest BCUT2D eigenvalue weighted by atomic mass is 32.1. The van der Waals surface area contributed by atoms with Gasteiger partial charge in [0.05, 0.1) is 21.6 Å². The molecule has 5 aromatic rings. The first-order chi connectivity index (χ1) is 18.7. The van der Waals surface area contributed by atoms with Gasteiger partial charge in [0.25, 0.3) is 11.8 Å². The zero-order chi connectivity index (χ0) is 27.8. The summed E-state index contributed by atoms with van der Waals surface area (Å²) in [4.78, 5) is 46.2. The number of hydrogen-bond donors (Lipinski definition) is 4. The Kier molecular flexibility index (Phi) is 6.62. The molecule has 0 radical (unpaired) electrons. The van der Waals surface area contributed by atoms with Crippen LogP contribution in [0.25, 0.3) is 21.4 Å². The van der Waals surface area contributed by atoms with Crippen LogP contribution < -0.4 is 22.5 Å². The number of primary amides is 2. The van der Waals surface area contributed by atoms with Crippen LogP contribution in [0, 0.1) is 6.92 Å². The van der Waals surface area contributed by atoms with E-state index in [0.717, 1.165) is 11.2 Å². The highest BCUT2D eigenvalue weighted by molar-refractivity contribution is 7.20. The van der Waals surface area contributed by atoms with Crippen LogP contribution >= 0.6 is 11.3 Å². The fourth-order valence-electron chi connectivity index (χ4n) is 4.29. The van der Waals surface area contributed by atoms with E-state index in [1.54, 1.807) is 44.1 Å². The van der Waals surface area contributed by atoms with Crippen molar-refractivity contribution in [2.75, 3.05) is 11.1 Å². The van der Waals surface area contributed by atoms with E-state index >= 15 is 0 Å². The topological polar surface area (TPSA) is 195 Å². The van der Waals surface area contributed by atoms with Gasteiger partial charge in [0.15, 0.2) is 0 Å². The Hall–Kier alpha value is -4.98. The van der Waals surface area contributed by atoms with Crippen LogP contribution in [-0.4, -0.2) is 46.6 Å². The zero-order valence-corrected chi connectivity index (χ0v) is 22.0. The third kappa shape index (κ3) is 4.84. The van der Waals surface area contributed by atoms with Crippen molar-refractivity contribution < 1.29 is 14.4 Å². The van der Waals surface area contributed by atoms with Gasteiger partial charge in [0.1, 0.15) is 16.0 Å². The van der Waals surface area contributed by atoms with Crippen molar-refractivity contribution in [3.63, 3.8) is 0 Å². The average Bonchev–Trinajstić information content (AvgIpc) is 3.63. The molecule has 0 aliphatic heterocycles. The van der Waals surface area contributed by atoms with Gasteiger partial charge >= 0.3 is 0 Å². The Morgan fingerprint density at radius 1 is 1.00 bits per heavy atom. The molecule has 5 rings (SSSR count). The number of rotatable bonds is 9. The fourth-order valence-corrected chi connectivity index (χ4v) is 5.25. The number of allylic oxidation sites excluding steroid dienone is 2. The van der Waals surface area contributed by atoms with Crippen molar-refractivity contribution in [3.8, 4) is 0 Å². The van der Waals surface area contributed by atoms with Gasteiger partial charge in [-0.3, -0.25) is 28.9 Å². The number of benzene rings is 1. The van der Waals surface area contributed by atoms with Crippen LogP contribution in [-0.2, 0) is 19.6 Å². The Morgan fingerprint density at radius 2 is 1.74 bits per heavy atom. The van der Waals surface area contributed by atoms with Gasteiger partial charge in [-0.15, -0.1) is 11.3 Å². The Bertz CT molecular complexity index is 1790. The highest BCUT2D eigenvalue weighted by Crippen LogP contribution is 2.29. The molecule has 7 N–H and O–H groups in total. The van der Waals surface area contributed by atoms with Crippen molar-refractivity contribution in [2.45, 2.75) is 33.5 Å². The molecule has 0 aliphatic rings. The lowest BCUT2D eigenvalue weighted by molar-refractivity contribution is 0.0993. The Labute approximate surface area is 225 Å². The minimum absolute atomic E-state index is 0.293. The predicted octanol–water partition coefficient (Wildman–Crippen LogP) is 2.26. The molecule has 1 aromatic carbocycles. The monoisotopic (exact) mass is 546 g/mol. The van der Waals surface area contributed by atoms with Crippen molar-refractivity contribution in [1.82, 2.24) is 28.9 Å². The summed E-state index contributed by atoms with van der Waals surface area (Å²) in [6.07, 6.45) is 3.79. The predicted molar refractivity (Wildman–Crippen MR) is 149 cm³/mol. The second-order valence-corrected chi connectivity index (χ2v) is 9.80. The number of fused-ring (bicyclic) bond motifs is 2. The molecule has 0 bridgehead atoms. The summed E-state index contributed by atoms with van der Waals surface area (Å²) in [6, 6.07) is 8.30. The summed E-state index contributed by atoms with van der Waals surface area (Å²) in [5.74, 6) is -0.809. The fraction of sp³-hybridized carbons (Fsp3) is 0.200. The van der Waals surface area contributed by atoms with Crippen LogP contribution in [0.1, 0.15) is 43.1 Å². The van der Waals surface area contributed by atoms with Crippen molar-refractivity contribution >= 4 is 62.3 Å². The van der Waals surface area contributed by atoms with Crippen LogP contribution in [0.5, 0.6) is 0 Å².